The number of nitrogens with one attached hydrogen (secondary N) is 2. The fraction of sp³-hybridized carbons (Fsp3) is 0.391. The number of para-hydroxylation sites is 2. The second-order valence-electron chi connectivity index (χ2n) is 6.91. The number of hydrogen-bond acceptors (Lipinski definition) is 3. The third kappa shape index (κ3) is 6.43. The Morgan fingerprint density at radius 3 is 2.57 bits per heavy atom. The van der Waals surface area contributed by atoms with Crippen molar-refractivity contribution in [2.75, 3.05) is 20.2 Å². The number of fused-ring (bicyclic) bond motifs is 1. The van der Waals surface area contributed by atoms with Gasteiger partial charge in [0.15, 0.2) is 5.96 Å². The van der Waals surface area contributed by atoms with Crippen LogP contribution >= 0.6 is 24.0 Å². The lowest BCUT2D eigenvalue weighted by Crippen LogP contribution is -2.37. The molecule has 0 radical (unpaired) electrons. The molecule has 0 saturated carbocycles. The van der Waals surface area contributed by atoms with Crippen LogP contribution in [0.15, 0.2) is 53.5 Å². The average molecular weight is 521 g/mol. The summed E-state index contributed by atoms with van der Waals surface area (Å²) in [5.74, 6) is 1.86. The minimum Gasteiger partial charge on any atom is -0.377 e. The monoisotopic (exact) mass is 521 g/mol. The molecule has 162 valence electrons. The molecule has 2 aromatic carbocycles. The number of aryl methyl sites for hydroxylation is 2. The summed E-state index contributed by atoms with van der Waals surface area (Å²) in [6.07, 6.45) is 0.989. The number of guanidine groups is 1. The van der Waals surface area contributed by atoms with Gasteiger partial charge in [-0.3, -0.25) is 4.99 Å². The third-order valence-electron chi connectivity index (χ3n) is 4.95. The summed E-state index contributed by atoms with van der Waals surface area (Å²) in [4.78, 5) is 8.97. The Morgan fingerprint density at radius 1 is 1.07 bits per heavy atom. The van der Waals surface area contributed by atoms with Gasteiger partial charge in [0.1, 0.15) is 5.82 Å². The van der Waals surface area contributed by atoms with E-state index in [2.05, 4.69) is 68.5 Å². The van der Waals surface area contributed by atoms with Crippen LogP contribution < -0.4 is 10.6 Å². The van der Waals surface area contributed by atoms with Crippen LogP contribution in [0.1, 0.15) is 30.3 Å². The van der Waals surface area contributed by atoms with E-state index in [1.807, 2.05) is 19.1 Å². The van der Waals surface area contributed by atoms with Gasteiger partial charge < -0.3 is 19.9 Å². The van der Waals surface area contributed by atoms with Crippen LogP contribution in [-0.2, 0) is 24.4 Å². The predicted molar refractivity (Wildman–Crippen MR) is 134 cm³/mol. The second-order valence-corrected chi connectivity index (χ2v) is 6.91. The van der Waals surface area contributed by atoms with Gasteiger partial charge in [-0.1, -0.05) is 36.4 Å². The molecule has 0 aliphatic heterocycles. The van der Waals surface area contributed by atoms with E-state index in [4.69, 9.17) is 4.74 Å². The first-order chi connectivity index (χ1) is 14.2. The highest BCUT2D eigenvalue weighted by Gasteiger charge is 2.07. The van der Waals surface area contributed by atoms with Crippen molar-refractivity contribution in [3.63, 3.8) is 0 Å². The number of benzene rings is 2. The van der Waals surface area contributed by atoms with Crippen molar-refractivity contribution in [1.82, 2.24) is 20.2 Å². The van der Waals surface area contributed by atoms with E-state index in [1.54, 1.807) is 7.05 Å². The summed E-state index contributed by atoms with van der Waals surface area (Å²) in [6, 6.07) is 16.6. The molecular weight excluding hydrogens is 489 g/mol. The first-order valence-corrected chi connectivity index (χ1v) is 10.2. The lowest BCUT2D eigenvalue weighted by atomic mass is 10.1. The third-order valence-corrected chi connectivity index (χ3v) is 4.95. The number of aliphatic imine (C=N–C) groups is 1. The first kappa shape index (κ1) is 24.1. The Kier molecular flexibility index (Phi) is 10.1. The van der Waals surface area contributed by atoms with Gasteiger partial charge in [-0.15, -0.1) is 24.0 Å². The Balaban J connectivity index is 0.00000320. The minimum atomic E-state index is 0. The molecule has 0 amide bonds. The maximum Gasteiger partial charge on any atom is 0.191 e. The van der Waals surface area contributed by atoms with Crippen LogP contribution in [-0.4, -0.2) is 35.7 Å². The van der Waals surface area contributed by atoms with Gasteiger partial charge in [0.05, 0.1) is 17.6 Å². The number of imidazole rings is 1. The molecule has 0 aliphatic rings. The molecule has 0 fully saturated rings. The number of halogens is 1. The number of rotatable bonds is 9. The molecule has 3 rings (SSSR count). The molecule has 0 saturated heterocycles. The molecule has 0 atom stereocenters. The normalized spacial score (nSPS) is 11.4. The van der Waals surface area contributed by atoms with Crippen molar-refractivity contribution < 1.29 is 4.74 Å². The van der Waals surface area contributed by atoms with Gasteiger partial charge in [0, 0.05) is 33.3 Å². The molecule has 0 spiro atoms. The maximum atomic E-state index is 5.57. The van der Waals surface area contributed by atoms with E-state index in [9.17, 15) is 0 Å². The van der Waals surface area contributed by atoms with Crippen molar-refractivity contribution in [3.05, 3.63) is 65.5 Å². The fourth-order valence-electron chi connectivity index (χ4n) is 3.40. The highest BCUT2D eigenvalue weighted by Crippen LogP contribution is 2.15. The van der Waals surface area contributed by atoms with Gasteiger partial charge in [-0.2, -0.15) is 0 Å². The first-order valence-electron chi connectivity index (χ1n) is 10.2. The molecule has 3 aromatic rings. The molecule has 6 nitrogen and oxygen atoms in total. The summed E-state index contributed by atoms with van der Waals surface area (Å²) in [5.41, 5.74) is 4.68. The van der Waals surface area contributed by atoms with E-state index < -0.39 is 0 Å². The lowest BCUT2D eigenvalue weighted by Gasteiger charge is -2.14. The molecule has 2 N–H and O–H groups in total. The Labute approximate surface area is 196 Å². The number of aromatic nitrogens is 2. The van der Waals surface area contributed by atoms with Crippen molar-refractivity contribution in [2.45, 2.75) is 40.0 Å². The van der Waals surface area contributed by atoms with Crippen molar-refractivity contribution in [3.8, 4) is 0 Å². The number of ether oxygens (including phenoxy) is 1. The molecular formula is C23H32IN5O. The van der Waals surface area contributed by atoms with E-state index in [-0.39, 0.29) is 24.0 Å². The van der Waals surface area contributed by atoms with Crippen LogP contribution in [0.4, 0.5) is 0 Å². The standard InChI is InChI=1S/C23H31N5O.HI/c1-4-29-17-20-11-6-5-10-19(20)16-26-23(24-3)25-14-9-15-28-18(2)27-21-12-7-8-13-22(21)28;/h5-8,10-13H,4,9,14-17H2,1-3H3,(H2,24,25,26);1H. The molecule has 1 aromatic heterocycles. The van der Waals surface area contributed by atoms with E-state index in [0.29, 0.717) is 13.2 Å². The molecule has 0 bridgehead atoms. The molecule has 1 heterocycles. The highest BCUT2D eigenvalue weighted by molar-refractivity contribution is 14.0. The molecule has 0 unspecified atom stereocenters. The molecule has 0 aliphatic carbocycles. The SMILES string of the molecule is CCOCc1ccccc1CNC(=NC)NCCCn1c(C)nc2ccccc21.I. The maximum absolute atomic E-state index is 5.57. The second kappa shape index (κ2) is 12.5. The van der Waals surface area contributed by atoms with Crippen LogP contribution in [0, 0.1) is 6.92 Å². The Bertz CT molecular complexity index is 954. The average Bonchev–Trinajstić information content (AvgIpc) is 3.07. The van der Waals surface area contributed by atoms with Crippen LogP contribution in [0.5, 0.6) is 0 Å². The zero-order valence-corrected chi connectivity index (χ0v) is 20.3. The van der Waals surface area contributed by atoms with E-state index in [0.717, 1.165) is 43.4 Å². The number of nitrogens with zero attached hydrogens (tertiary/aromatic N) is 3. The summed E-state index contributed by atoms with van der Waals surface area (Å²) < 4.78 is 7.84. The zero-order valence-electron chi connectivity index (χ0n) is 18.0. The van der Waals surface area contributed by atoms with E-state index >= 15 is 0 Å². The van der Waals surface area contributed by atoms with Gasteiger partial charge in [-0.25, -0.2) is 4.98 Å². The smallest absolute Gasteiger partial charge is 0.191 e. The van der Waals surface area contributed by atoms with Gasteiger partial charge in [-0.05, 0) is 43.5 Å². The zero-order chi connectivity index (χ0) is 20.5. The van der Waals surface area contributed by atoms with Crippen molar-refractivity contribution in [2.24, 2.45) is 4.99 Å². The van der Waals surface area contributed by atoms with Gasteiger partial charge in [0.2, 0.25) is 0 Å². The van der Waals surface area contributed by atoms with Crippen molar-refractivity contribution >= 4 is 41.0 Å². The predicted octanol–water partition coefficient (Wildman–Crippen LogP) is 4.25. The summed E-state index contributed by atoms with van der Waals surface area (Å²) in [6.45, 7) is 7.91. The molecule has 30 heavy (non-hydrogen) atoms. The Morgan fingerprint density at radius 2 is 1.80 bits per heavy atom. The van der Waals surface area contributed by atoms with Crippen LogP contribution in [0.3, 0.4) is 0 Å². The summed E-state index contributed by atoms with van der Waals surface area (Å²) in [5, 5.41) is 6.81. The summed E-state index contributed by atoms with van der Waals surface area (Å²) >= 11 is 0. The fourth-order valence-corrected chi connectivity index (χ4v) is 3.40. The van der Waals surface area contributed by atoms with Crippen LogP contribution in [0.2, 0.25) is 0 Å². The van der Waals surface area contributed by atoms with Crippen LogP contribution in [0.25, 0.3) is 11.0 Å². The highest BCUT2D eigenvalue weighted by atomic mass is 127. The quantitative estimate of drug-likeness (QED) is 0.191. The minimum absolute atomic E-state index is 0. The van der Waals surface area contributed by atoms with Crippen molar-refractivity contribution in [1.29, 1.82) is 0 Å². The number of hydrogen-bond donors (Lipinski definition) is 2. The van der Waals surface area contributed by atoms with Gasteiger partial charge >= 0.3 is 0 Å². The largest absolute Gasteiger partial charge is 0.377 e. The van der Waals surface area contributed by atoms with Gasteiger partial charge in [0.25, 0.3) is 0 Å². The Hall–Kier alpha value is -2.13. The lowest BCUT2D eigenvalue weighted by molar-refractivity contribution is 0.133. The topological polar surface area (TPSA) is 63.5 Å². The summed E-state index contributed by atoms with van der Waals surface area (Å²) in [7, 11) is 1.80. The molecule has 7 heteroatoms. The van der Waals surface area contributed by atoms with E-state index in [1.165, 1.54) is 16.6 Å².